The van der Waals surface area contributed by atoms with Gasteiger partial charge in [0.1, 0.15) is 5.75 Å². The normalized spacial score (nSPS) is 13.8. The number of carbonyl (C=O) groups is 1. The molecular weight excluding hydrogens is 573 g/mol. The number of benzene rings is 3. The fraction of sp³-hybridized carbons (Fsp3) is 0.306. The van der Waals surface area contributed by atoms with Gasteiger partial charge in [-0.25, -0.2) is 18.7 Å². The van der Waals surface area contributed by atoms with Gasteiger partial charge in [-0.1, -0.05) is 30.3 Å². The average Bonchev–Trinajstić information content (AvgIpc) is 3.44. The van der Waals surface area contributed by atoms with Gasteiger partial charge in [0.05, 0.1) is 30.7 Å². The van der Waals surface area contributed by atoms with Gasteiger partial charge in [-0.15, -0.1) is 0 Å². The molecule has 3 aromatic carbocycles. The Hall–Kier alpha value is -4.76. The van der Waals surface area contributed by atoms with E-state index in [1.165, 1.54) is 6.07 Å². The number of carboxylic acids is 1. The van der Waals surface area contributed by atoms with Gasteiger partial charge in [0.15, 0.2) is 23.3 Å². The highest BCUT2D eigenvalue weighted by atomic mass is 19.1. The van der Waals surface area contributed by atoms with Crippen molar-refractivity contribution in [3.8, 4) is 45.1 Å². The number of hydrogen-bond donors (Lipinski definition) is 1. The first-order chi connectivity index (χ1) is 21.4. The average molecular weight is 610 g/mol. The maximum atomic E-state index is 15.7. The molecule has 0 radical (unpaired) electrons. The Morgan fingerprint density at radius 2 is 1.78 bits per heavy atom. The second kappa shape index (κ2) is 11.6. The van der Waals surface area contributed by atoms with Gasteiger partial charge in [-0.2, -0.15) is 5.10 Å². The Morgan fingerprint density at radius 1 is 1.04 bits per heavy atom. The molecule has 3 heterocycles. The van der Waals surface area contributed by atoms with Crippen LogP contribution in [0.1, 0.15) is 55.7 Å². The Bertz CT molecular complexity index is 1920. The second-order valence-corrected chi connectivity index (χ2v) is 12.3. The third-order valence-corrected chi connectivity index (χ3v) is 8.06. The van der Waals surface area contributed by atoms with Crippen LogP contribution in [0.25, 0.3) is 39.3 Å². The van der Waals surface area contributed by atoms with Crippen LogP contribution in [0.15, 0.2) is 60.7 Å². The molecule has 0 bridgehead atoms. The quantitative estimate of drug-likeness (QED) is 0.202. The highest BCUT2D eigenvalue weighted by Crippen LogP contribution is 2.42. The lowest BCUT2D eigenvalue weighted by Crippen LogP contribution is -2.29. The Balaban J connectivity index is 1.60. The van der Waals surface area contributed by atoms with E-state index < -0.39 is 23.5 Å². The zero-order chi connectivity index (χ0) is 32.0. The maximum absolute atomic E-state index is 15.7. The van der Waals surface area contributed by atoms with Crippen molar-refractivity contribution in [3.63, 3.8) is 0 Å². The summed E-state index contributed by atoms with van der Waals surface area (Å²) in [6, 6.07) is 19.1. The molecule has 0 unspecified atom stereocenters. The molecule has 9 heteroatoms. The van der Waals surface area contributed by atoms with Crippen LogP contribution in [0.4, 0.5) is 4.39 Å². The molecule has 1 aliphatic heterocycles. The summed E-state index contributed by atoms with van der Waals surface area (Å²) in [6.45, 7) is 9.51. The minimum absolute atomic E-state index is 0.253. The third kappa shape index (κ3) is 5.76. The van der Waals surface area contributed by atoms with E-state index >= 15 is 4.39 Å². The zero-order valence-corrected chi connectivity index (χ0v) is 26.3. The van der Waals surface area contributed by atoms with E-state index in [1.54, 1.807) is 39.3 Å². The molecule has 2 aromatic heterocycles. The summed E-state index contributed by atoms with van der Waals surface area (Å²) in [5.41, 5.74) is 6.52. The molecule has 6 rings (SSSR count). The van der Waals surface area contributed by atoms with Crippen LogP contribution in [0.2, 0.25) is 0 Å². The van der Waals surface area contributed by atoms with Gasteiger partial charge in [0.2, 0.25) is 0 Å². The largest absolute Gasteiger partial charge is 0.497 e. The summed E-state index contributed by atoms with van der Waals surface area (Å²) in [7, 11) is 1.64. The van der Waals surface area contributed by atoms with Crippen LogP contribution in [0.5, 0.6) is 11.5 Å². The predicted molar refractivity (Wildman–Crippen MR) is 170 cm³/mol. The van der Waals surface area contributed by atoms with E-state index in [9.17, 15) is 9.90 Å². The Labute approximate surface area is 261 Å². The predicted octanol–water partition coefficient (Wildman–Crippen LogP) is 7.76. The summed E-state index contributed by atoms with van der Waals surface area (Å²) in [5.74, 6) is -0.643. The Kier molecular flexibility index (Phi) is 7.82. The number of fused-ring (bicyclic) bond motifs is 2. The fourth-order valence-corrected chi connectivity index (χ4v) is 5.98. The van der Waals surface area contributed by atoms with Crippen LogP contribution in [0, 0.1) is 19.7 Å². The number of aryl methyl sites for hydroxylation is 1. The molecule has 1 N–H and O–H groups in total. The van der Waals surface area contributed by atoms with Crippen molar-refractivity contribution < 1.29 is 28.5 Å². The van der Waals surface area contributed by atoms with Crippen LogP contribution in [-0.2, 0) is 16.0 Å². The van der Waals surface area contributed by atoms with Gasteiger partial charge in [0, 0.05) is 34.0 Å². The molecule has 8 nitrogen and oxygen atoms in total. The van der Waals surface area contributed by atoms with Crippen molar-refractivity contribution in [2.75, 3.05) is 13.7 Å². The second-order valence-electron chi connectivity index (χ2n) is 12.3. The third-order valence-electron chi connectivity index (χ3n) is 8.06. The van der Waals surface area contributed by atoms with E-state index in [0.717, 1.165) is 40.0 Å². The number of hydrogen-bond acceptors (Lipinski definition) is 6. The minimum Gasteiger partial charge on any atom is -0.497 e. The SMILES string of the molecule is COc1ccc(-c2cccc(-c3cc4nc(C)c([C@H](OC(C)(C)C)C(=O)O)c(-c5cc(F)c6c(c5C)CCCO6)n4n3)c2)cc1. The molecule has 232 valence electrons. The van der Waals surface area contributed by atoms with Crippen LogP contribution in [-0.4, -0.2) is 45.0 Å². The fourth-order valence-electron chi connectivity index (χ4n) is 5.98. The molecule has 1 aliphatic rings. The van der Waals surface area contributed by atoms with Crippen molar-refractivity contribution in [3.05, 3.63) is 88.9 Å². The van der Waals surface area contributed by atoms with E-state index in [-0.39, 0.29) is 5.75 Å². The molecule has 0 saturated carbocycles. The zero-order valence-electron chi connectivity index (χ0n) is 26.3. The Morgan fingerprint density at radius 3 is 2.47 bits per heavy atom. The lowest BCUT2D eigenvalue weighted by molar-refractivity contribution is -0.160. The number of rotatable bonds is 7. The van der Waals surface area contributed by atoms with Crippen molar-refractivity contribution in [1.82, 2.24) is 14.6 Å². The van der Waals surface area contributed by atoms with Crippen LogP contribution in [0.3, 0.4) is 0 Å². The van der Waals surface area contributed by atoms with Gasteiger partial charge in [-0.3, -0.25) is 0 Å². The molecule has 0 spiro atoms. The number of carboxylic acid groups (broad SMARTS) is 1. The minimum atomic E-state index is -1.38. The molecule has 5 aromatic rings. The summed E-state index contributed by atoms with van der Waals surface area (Å²) in [4.78, 5) is 17.6. The van der Waals surface area contributed by atoms with Gasteiger partial charge in [0.25, 0.3) is 0 Å². The molecule has 45 heavy (non-hydrogen) atoms. The lowest BCUT2D eigenvalue weighted by atomic mass is 9.91. The summed E-state index contributed by atoms with van der Waals surface area (Å²) in [6.07, 6.45) is 0.0331. The molecule has 0 saturated heterocycles. The van der Waals surface area contributed by atoms with Gasteiger partial charge in [-0.05, 0) is 88.4 Å². The van der Waals surface area contributed by atoms with Crippen molar-refractivity contribution in [2.24, 2.45) is 0 Å². The smallest absolute Gasteiger partial charge is 0.337 e. The number of aliphatic carboxylic acids is 1. The van der Waals surface area contributed by atoms with E-state index in [4.69, 9.17) is 24.3 Å². The number of ether oxygens (including phenoxy) is 3. The van der Waals surface area contributed by atoms with Crippen LogP contribution < -0.4 is 9.47 Å². The maximum Gasteiger partial charge on any atom is 0.337 e. The van der Waals surface area contributed by atoms with E-state index in [0.29, 0.717) is 46.9 Å². The monoisotopic (exact) mass is 609 g/mol. The van der Waals surface area contributed by atoms with Gasteiger partial charge >= 0.3 is 5.97 Å². The van der Waals surface area contributed by atoms with Crippen molar-refractivity contribution >= 4 is 11.6 Å². The number of nitrogens with zero attached hydrogens (tertiary/aromatic N) is 3. The first kappa shape index (κ1) is 30.3. The molecule has 0 fully saturated rings. The summed E-state index contributed by atoms with van der Waals surface area (Å²) >= 11 is 0. The van der Waals surface area contributed by atoms with Gasteiger partial charge < -0.3 is 19.3 Å². The molecular formula is C36H36FN3O5. The topological polar surface area (TPSA) is 95.2 Å². The molecule has 1 atom stereocenters. The number of aromatic nitrogens is 3. The molecule has 0 aliphatic carbocycles. The highest BCUT2D eigenvalue weighted by Gasteiger charge is 2.34. The van der Waals surface area contributed by atoms with E-state index in [2.05, 4.69) is 0 Å². The standard InChI is InChI=1S/C36H36FN3O5/c1-20-26-11-8-16-44-33(26)28(37)18-27(20)32-31(34(35(41)42)45-36(3,4)5)21(2)38-30-19-29(39-40(30)32)24-10-7-9-23(17-24)22-12-14-25(43-6)15-13-22/h7,9-10,12-15,17-19,34H,8,11,16H2,1-6H3,(H,41,42)/t34-/m0/s1. The van der Waals surface area contributed by atoms with E-state index in [1.807, 2.05) is 61.5 Å². The van der Waals surface area contributed by atoms with Crippen molar-refractivity contribution in [2.45, 2.75) is 59.2 Å². The van der Waals surface area contributed by atoms with Crippen LogP contribution >= 0.6 is 0 Å². The number of methoxy groups -OCH3 is 1. The first-order valence-electron chi connectivity index (χ1n) is 15.0. The summed E-state index contributed by atoms with van der Waals surface area (Å²) < 4.78 is 34.4. The number of halogens is 1. The lowest BCUT2D eigenvalue weighted by Gasteiger charge is -2.28. The molecule has 0 amide bonds. The first-order valence-corrected chi connectivity index (χ1v) is 15.0. The van der Waals surface area contributed by atoms with Crippen molar-refractivity contribution in [1.29, 1.82) is 0 Å². The summed E-state index contributed by atoms with van der Waals surface area (Å²) in [5, 5.41) is 15.4. The highest BCUT2D eigenvalue weighted by molar-refractivity contribution is 5.83.